The summed E-state index contributed by atoms with van der Waals surface area (Å²) in [6, 6.07) is 10.2. The molecule has 0 unspecified atom stereocenters. The molecular weight excluding hydrogens is 371 g/mol. The first-order valence-electron chi connectivity index (χ1n) is 9.68. The third-order valence-electron chi connectivity index (χ3n) is 4.82. The molecule has 1 aliphatic carbocycles. The van der Waals surface area contributed by atoms with Crippen LogP contribution < -0.4 is 10.6 Å². The highest BCUT2D eigenvalue weighted by molar-refractivity contribution is 6.02. The molecule has 0 aromatic heterocycles. The Bertz CT molecular complexity index is 939. The normalized spacial score (nSPS) is 14.8. The second-order valence-corrected chi connectivity index (χ2v) is 8.73. The van der Waals surface area contributed by atoms with Gasteiger partial charge in [-0.05, 0) is 71.2 Å². The summed E-state index contributed by atoms with van der Waals surface area (Å²) >= 11 is 0. The number of halogens is 1. The van der Waals surface area contributed by atoms with Crippen LogP contribution in [0.25, 0.3) is 0 Å². The first kappa shape index (κ1) is 20.8. The molecule has 154 valence electrons. The predicted molar refractivity (Wildman–Crippen MR) is 112 cm³/mol. The van der Waals surface area contributed by atoms with Crippen molar-refractivity contribution in [1.29, 1.82) is 0 Å². The second kappa shape index (κ2) is 7.50. The van der Waals surface area contributed by atoms with Crippen molar-refractivity contribution in [3.05, 3.63) is 58.9 Å². The van der Waals surface area contributed by atoms with E-state index in [1.54, 1.807) is 20.8 Å². The van der Waals surface area contributed by atoms with Gasteiger partial charge in [-0.25, -0.2) is 9.18 Å². The Kier molecular flexibility index (Phi) is 5.39. The van der Waals surface area contributed by atoms with Crippen LogP contribution in [-0.4, -0.2) is 17.6 Å². The van der Waals surface area contributed by atoms with E-state index in [2.05, 4.69) is 16.7 Å². The van der Waals surface area contributed by atoms with Crippen LogP contribution in [0.1, 0.15) is 50.3 Å². The Balaban J connectivity index is 1.76. The van der Waals surface area contributed by atoms with Gasteiger partial charge < -0.3 is 10.1 Å². The fourth-order valence-electron chi connectivity index (χ4n) is 3.39. The Morgan fingerprint density at radius 3 is 2.17 bits per heavy atom. The first-order valence-corrected chi connectivity index (χ1v) is 9.68. The highest BCUT2D eigenvalue weighted by Crippen LogP contribution is 2.49. The van der Waals surface area contributed by atoms with Crippen LogP contribution in [0.3, 0.4) is 0 Å². The largest absolute Gasteiger partial charge is 0.444 e. The van der Waals surface area contributed by atoms with E-state index in [4.69, 9.17) is 4.74 Å². The van der Waals surface area contributed by atoms with Crippen molar-refractivity contribution in [2.75, 3.05) is 10.6 Å². The van der Waals surface area contributed by atoms with Gasteiger partial charge in [-0.1, -0.05) is 29.3 Å². The molecule has 2 aromatic rings. The van der Waals surface area contributed by atoms with Gasteiger partial charge in [0, 0.05) is 5.69 Å². The van der Waals surface area contributed by atoms with Crippen molar-refractivity contribution in [2.24, 2.45) is 0 Å². The van der Waals surface area contributed by atoms with E-state index in [1.165, 1.54) is 18.2 Å². The van der Waals surface area contributed by atoms with Crippen molar-refractivity contribution in [1.82, 2.24) is 0 Å². The number of carbonyl (C=O) groups excluding carboxylic acids is 2. The zero-order valence-corrected chi connectivity index (χ0v) is 17.5. The highest BCUT2D eigenvalue weighted by atomic mass is 19.1. The molecule has 2 aromatic carbocycles. The van der Waals surface area contributed by atoms with E-state index in [0.29, 0.717) is 5.69 Å². The van der Waals surface area contributed by atoms with Gasteiger partial charge >= 0.3 is 6.09 Å². The van der Waals surface area contributed by atoms with Crippen molar-refractivity contribution in [3.8, 4) is 0 Å². The third-order valence-corrected chi connectivity index (χ3v) is 4.82. The molecule has 0 radical (unpaired) electrons. The molecule has 0 spiro atoms. The summed E-state index contributed by atoms with van der Waals surface area (Å²) in [5.41, 5.74) is 2.35. The standard InChI is InChI=1S/C23H27FN2O3/c1-14-10-15(2)12-16(11-14)23(8-9-23)20(27)25-17-6-7-18(24)19(13-17)26-21(28)29-22(3,4)5/h6-7,10-13H,8-9H2,1-5H3,(H,25,27)(H,26,28). The number of hydrogen-bond acceptors (Lipinski definition) is 3. The van der Waals surface area contributed by atoms with Gasteiger partial charge in [0.25, 0.3) is 0 Å². The highest BCUT2D eigenvalue weighted by Gasteiger charge is 2.51. The second-order valence-electron chi connectivity index (χ2n) is 8.73. The van der Waals surface area contributed by atoms with E-state index in [-0.39, 0.29) is 11.6 Å². The minimum atomic E-state index is -0.756. The Morgan fingerprint density at radius 2 is 1.62 bits per heavy atom. The van der Waals surface area contributed by atoms with Gasteiger partial charge in [-0.2, -0.15) is 0 Å². The number of rotatable bonds is 4. The molecule has 1 saturated carbocycles. The van der Waals surface area contributed by atoms with Crippen molar-refractivity contribution in [3.63, 3.8) is 0 Å². The van der Waals surface area contributed by atoms with Gasteiger partial charge in [0.1, 0.15) is 11.4 Å². The Labute approximate surface area is 170 Å². The molecule has 2 N–H and O–H groups in total. The van der Waals surface area contributed by atoms with Crippen molar-refractivity contribution >= 4 is 23.4 Å². The Hall–Kier alpha value is -2.89. The average Bonchev–Trinajstić information content (AvgIpc) is 3.37. The maximum Gasteiger partial charge on any atom is 0.412 e. The van der Waals surface area contributed by atoms with E-state index >= 15 is 0 Å². The molecule has 1 fully saturated rings. The van der Waals surface area contributed by atoms with Crippen LogP contribution in [0.5, 0.6) is 0 Å². The van der Waals surface area contributed by atoms with Crippen LogP contribution in [0.2, 0.25) is 0 Å². The van der Waals surface area contributed by atoms with Gasteiger partial charge in [-0.15, -0.1) is 0 Å². The molecule has 6 heteroatoms. The van der Waals surface area contributed by atoms with E-state index < -0.39 is 22.9 Å². The van der Waals surface area contributed by atoms with E-state index in [1.807, 2.05) is 26.0 Å². The number of nitrogens with one attached hydrogen (secondary N) is 2. The first-order chi connectivity index (χ1) is 13.5. The zero-order chi connectivity index (χ0) is 21.4. The quantitative estimate of drug-likeness (QED) is 0.719. The van der Waals surface area contributed by atoms with E-state index in [9.17, 15) is 14.0 Å². The molecule has 2 amide bonds. The topological polar surface area (TPSA) is 67.4 Å². The summed E-state index contributed by atoms with van der Waals surface area (Å²) in [5, 5.41) is 5.27. The van der Waals surface area contributed by atoms with Crippen LogP contribution in [-0.2, 0) is 14.9 Å². The number of ether oxygens (including phenoxy) is 1. The summed E-state index contributed by atoms with van der Waals surface area (Å²) < 4.78 is 19.3. The molecule has 0 heterocycles. The van der Waals surface area contributed by atoms with Crippen LogP contribution in [0.15, 0.2) is 36.4 Å². The molecular formula is C23H27FN2O3. The fraction of sp³-hybridized carbons (Fsp3) is 0.391. The lowest BCUT2D eigenvalue weighted by molar-refractivity contribution is -0.118. The van der Waals surface area contributed by atoms with Crippen molar-refractivity contribution < 1.29 is 18.7 Å². The van der Waals surface area contributed by atoms with Crippen LogP contribution >= 0.6 is 0 Å². The van der Waals surface area contributed by atoms with Crippen LogP contribution in [0.4, 0.5) is 20.6 Å². The summed E-state index contributed by atoms with van der Waals surface area (Å²) in [7, 11) is 0. The summed E-state index contributed by atoms with van der Waals surface area (Å²) in [4.78, 5) is 25.0. The summed E-state index contributed by atoms with van der Waals surface area (Å²) in [6.07, 6.45) is 0.784. The van der Waals surface area contributed by atoms with Gasteiger partial charge in [0.15, 0.2) is 0 Å². The third kappa shape index (κ3) is 4.94. The maximum absolute atomic E-state index is 14.1. The van der Waals surface area contributed by atoms with Gasteiger partial charge in [-0.3, -0.25) is 10.1 Å². The molecule has 5 nitrogen and oxygen atoms in total. The number of anilines is 2. The average molecular weight is 398 g/mol. The number of aryl methyl sites for hydroxylation is 2. The number of hydrogen-bond donors (Lipinski definition) is 2. The maximum atomic E-state index is 14.1. The van der Waals surface area contributed by atoms with Gasteiger partial charge in [0.05, 0.1) is 11.1 Å². The van der Waals surface area contributed by atoms with E-state index in [0.717, 1.165) is 29.5 Å². The summed E-state index contributed by atoms with van der Waals surface area (Å²) in [5.74, 6) is -0.735. The number of amides is 2. The molecule has 0 saturated heterocycles. The number of carbonyl (C=O) groups is 2. The molecule has 0 aliphatic heterocycles. The zero-order valence-electron chi connectivity index (χ0n) is 17.5. The van der Waals surface area contributed by atoms with Gasteiger partial charge in [0.2, 0.25) is 5.91 Å². The molecule has 3 rings (SSSR count). The molecule has 0 atom stereocenters. The molecule has 1 aliphatic rings. The smallest absolute Gasteiger partial charge is 0.412 e. The van der Waals surface area contributed by atoms with Crippen LogP contribution in [0, 0.1) is 19.7 Å². The molecule has 0 bridgehead atoms. The lowest BCUT2D eigenvalue weighted by Gasteiger charge is -2.20. The fourth-order valence-corrected chi connectivity index (χ4v) is 3.39. The molecule has 29 heavy (non-hydrogen) atoms. The monoisotopic (exact) mass is 398 g/mol. The SMILES string of the molecule is Cc1cc(C)cc(C2(C(=O)Nc3ccc(F)c(NC(=O)OC(C)(C)C)c3)CC2)c1. The minimum Gasteiger partial charge on any atom is -0.444 e. The predicted octanol–water partition coefficient (Wildman–Crippen LogP) is 5.46. The lowest BCUT2D eigenvalue weighted by atomic mass is 9.92. The minimum absolute atomic E-state index is 0.0479. The Morgan fingerprint density at radius 1 is 1.00 bits per heavy atom. The number of benzene rings is 2. The lowest BCUT2D eigenvalue weighted by Crippen LogP contribution is -2.28. The summed E-state index contributed by atoms with van der Waals surface area (Å²) in [6.45, 7) is 9.20. The van der Waals surface area contributed by atoms with Crippen molar-refractivity contribution in [2.45, 2.75) is 58.5 Å².